The average molecular weight is 298 g/mol. The van der Waals surface area contributed by atoms with E-state index in [4.69, 9.17) is 34.8 Å². The number of ketones is 1. The summed E-state index contributed by atoms with van der Waals surface area (Å²) in [6.45, 7) is 3.77. The maximum absolute atomic E-state index is 12.2. The lowest BCUT2D eigenvalue weighted by Gasteiger charge is -2.22. The zero-order valence-corrected chi connectivity index (χ0v) is 12.4. The molecule has 0 aliphatic heterocycles. The summed E-state index contributed by atoms with van der Waals surface area (Å²) in [4.78, 5) is 12.2. The van der Waals surface area contributed by atoms with Crippen molar-refractivity contribution in [2.45, 2.75) is 25.4 Å². The van der Waals surface area contributed by atoms with Crippen LogP contribution in [0.1, 0.15) is 30.6 Å². The normalized spacial score (nSPS) is 14.6. The van der Waals surface area contributed by atoms with E-state index in [1.807, 2.05) is 13.8 Å². The van der Waals surface area contributed by atoms with Gasteiger partial charge in [0.2, 0.25) is 0 Å². The molecule has 0 aliphatic rings. The van der Waals surface area contributed by atoms with E-state index >= 15 is 0 Å². The van der Waals surface area contributed by atoms with Crippen molar-refractivity contribution in [1.82, 2.24) is 0 Å². The van der Waals surface area contributed by atoms with Crippen LogP contribution < -0.4 is 0 Å². The molecule has 1 nitrogen and oxygen atoms in total. The van der Waals surface area contributed by atoms with Gasteiger partial charge in [-0.25, -0.2) is 0 Å². The fourth-order valence-corrected chi connectivity index (χ4v) is 2.34. The number of carbonyl (C=O) groups excluding carboxylic acids is 1. The van der Waals surface area contributed by atoms with Crippen molar-refractivity contribution in [3.63, 3.8) is 0 Å². The molecule has 0 spiro atoms. The highest BCUT2D eigenvalue weighted by Gasteiger charge is 2.30. The third-order valence-electron chi connectivity index (χ3n) is 2.49. The van der Waals surface area contributed by atoms with Crippen LogP contribution in [0.3, 0.4) is 0 Å². The largest absolute Gasteiger partial charge is 0.293 e. The Labute approximate surface area is 113 Å². The molecule has 0 heterocycles. The van der Waals surface area contributed by atoms with Crippen molar-refractivity contribution in [3.05, 3.63) is 32.8 Å². The van der Waals surface area contributed by atoms with Crippen LogP contribution in [0.25, 0.3) is 0 Å². The highest BCUT2D eigenvalue weighted by Crippen LogP contribution is 2.35. The van der Waals surface area contributed by atoms with Gasteiger partial charge in [0.15, 0.2) is 5.78 Å². The summed E-state index contributed by atoms with van der Waals surface area (Å²) in [7, 11) is 2.54. The van der Waals surface area contributed by atoms with E-state index in [-0.39, 0.29) is 5.78 Å². The van der Waals surface area contributed by atoms with Gasteiger partial charge in [-0.15, -0.1) is 9.24 Å². The second-order valence-corrected chi connectivity index (χ2v) is 6.37. The molecule has 1 rings (SSSR count). The van der Waals surface area contributed by atoms with Gasteiger partial charge < -0.3 is 0 Å². The monoisotopic (exact) mass is 296 g/mol. The van der Waals surface area contributed by atoms with Gasteiger partial charge in [-0.3, -0.25) is 4.79 Å². The molecule has 0 N–H and O–H groups in total. The molecule has 0 bridgehead atoms. The van der Waals surface area contributed by atoms with Gasteiger partial charge in [0.25, 0.3) is 0 Å². The summed E-state index contributed by atoms with van der Waals surface area (Å²) >= 11 is 17.8. The molecule has 16 heavy (non-hydrogen) atoms. The van der Waals surface area contributed by atoms with Gasteiger partial charge in [0, 0.05) is 10.2 Å². The summed E-state index contributed by atoms with van der Waals surface area (Å²) in [6, 6.07) is 3.05. The minimum Gasteiger partial charge on any atom is -0.293 e. The molecular formula is C11H12Cl3OP. The molecule has 0 saturated heterocycles. The number of hydrogen-bond acceptors (Lipinski definition) is 1. The molecule has 1 aromatic carbocycles. The maximum atomic E-state index is 12.2. The standard InChI is InChI=1S/C11H12Cl3OP/c1-3-11(2,16)10(15)9-7(13)4-6(12)5-8(9)14/h4-5H,3,16H2,1-2H3. The molecule has 88 valence electrons. The van der Waals surface area contributed by atoms with Gasteiger partial charge in [-0.1, -0.05) is 41.7 Å². The third kappa shape index (κ3) is 2.90. The lowest BCUT2D eigenvalue weighted by atomic mass is 9.96. The first-order valence-corrected chi connectivity index (χ1v) is 6.49. The number of rotatable bonds is 3. The smallest absolute Gasteiger partial charge is 0.175 e. The Morgan fingerprint density at radius 2 is 1.75 bits per heavy atom. The molecule has 0 saturated carbocycles. The van der Waals surface area contributed by atoms with Crippen molar-refractivity contribution in [2.75, 3.05) is 0 Å². The Morgan fingerprint density at radius 1 is 1.31 bits per heavy atom. The summed E-state index contributed by atoms with van der Waals surface area (Å²) < 4.78 is 0. The molecule has 2 unspecified atom stereocenters. The van der Waals surface area contributed by atoms with E-state index in [1.165, 1.54) is 12.1 Å². The first-order chi connectivity index (χ1) is 7.29. The van der Waals surface area contributed by atoms with Crippen LogP contribution in [-0.2, 0) is 0 Å². The Balaban J connectivity index is 3.30. The Bertz CT molecular complexity index is 406. The Hall–Kier alpha value is 0.190. The van der Waals surface area contributed by atoms with Crippen molar-refractivity contribution in [2.24, 2.45) is 0 Å². The van der Waals surface area contributed by atoms with Crippen molar-refractivity contribution in [1.29, 1.82) is 0 Å². The molecule has 1 aromatic rings. The van der Waals surface area contributed by atoms with Crippen LogP contribution in [0.5, 0.6) is 0 Å². The second kappa shape index (κ2) is 5.23. The zero-order valence-electron chi connectivity index (χ0n) is 8.98. The van der Waals surface area contributed by atoms with E-state index in [9.17, 15) is 4.79 Å². The van der Waals surface area contributed by atoms with E-state index in [2.05, 4.69) is 9.24 Å². The van der Waals surface area contributed by atoms with Crippen LogP contribution in [0.15, 0.2) is 12.1 Å². The van der Waals surface area contributed by atoms with Gasteiger partial charge in [0.1, 0.15) is 0 Å². The van der Waals surface area contributed by atoms with Crippen LogP contribution >= 0.6 is 44.0 Å². The Kier molecular flexibility index (Phi) is 4.66. The summed E-state index contributed by atoms with van der Waals surface area (Å²) in [5, 5.41) is 0.462. The Morgan fingerprint density at radius 3 is 2.12 bits per heavy atom. The first kappa shape index (κ1) is 14.3. The van der Waals surface area contributed by atoms with Crippen LogP contribution in [-0.4, -0.2) is 10.9 Å². The van der Waals surface area contributed by atoms with Gasteiger partial charge >= 0.3 is 0 Å². The van der Waals surface area contributed by atoms with Crippen molar-refractivity contribution < 1.29 is 4.79 Å². The lowest BCUT2D eigenvalue weighted by Crippen LogP contribution is -2.27. The third-order valence-corrected chi connectivity index (χ3v) is 3.97. The van der Waals surface area contributed by atoms with Crippen molar-refractivity contribution in [3.8, 4) is 0 Å². The van der Waals surface area contributed by atoms with Crippen molar-refractivity contribution >= 4 is 49.8 Å². The SMILES string of the molecule is CCC(C)(P)C(=O)c1c(Cl)cc(Cl)cc1Cl. The number of carbonyl (C=O) groups is 1. The second-order valence-electron chi connectivity index (χ2n) is 3.84. The molecule has 0 fully saturated rings. The summed E-state index contributed by atoms with van der Waals surface area (Å²) in [6.07, 6.45) is 0.686. The van der Waals surface area contributed by atoms with E-state index in [0.29, 0.717) is 27.1 Å². The zero-order chi connectivity index (χ0) is 12.5. The summed E-state index contributed by atoms with van der Waals surface area (Å²) in [5.41, 5.74) is 0.340. The highest BCUT2D eigenvalue weighted by atomic mass is 35.5. The minimum absolute atomic E-state index is 0.0910. The number of hydrogen-bond donors (Lipinski definition) is 0. The van der Waals surface area contributed by atoms with Crippen LogP contribution in [0.4, 0.5) is 0 Å². The summed E-state index contributed by atoms with van der Waals surface area (Å²) in [5.74, 6) is -0.0910. The van der Waals surface area contributed by atoms with Crippen LogP contribution in [0.2, 0.25) is 15.1 Å². The number of halogens is 3. The minimum atomic E-state index is -0.554. The molecule has 5 heteroatoms. The van der Waals surface area contributed by atoms with E-state index in [0.717, 1.165) is 0 Å². The fourth-order valence-electron chi connectivity index (χ4n) is 1.21. The van der Waals surface area contributed by atoms with E-state index in [1.54, 1.807) is 0 Å². The molecule has 0 radical (unpaired) electrons. The molecule has 0 amide bonds. The predicted molar refractivity (Wildman–Crippen MR) is 74.2 cm³/mol. The fraction of sp³-hybridized carbons (Fsp3) is 0.364. The quantitative estimate of drug-likeness (QED) is 0.574. The predicted octanol–water partition coefficient (Wildman–Crippen LogP) is 4.87. The lowest BCUT2D eigenvalue weighted by molar-refractivity contribution is 0.0948. The maximum Gasteiger partial charge on any atom is 0.175 e. The first-order valence-electron chi connectivity index (χ1n) is 4.78. The molecule has 0 aliphatic carbocycles. The van der Waals surface area contributed by atoms with Gasteiger partial charge in [-0.2, -0.15) is 0 Å². The van der Waals surface area contributed by atoms with Gasteiger partial charge in [-0.05, 0) is 25.5 Å². The van der Waals surface area contributed by atoms with Crippen LogP contribution in [0, 0.1) is 0 Å². The number of Topliss-reactive ketones (excluding diaryl/α,β-unsaturated/α-hetero) is 1. The van der Waals surface area contributed by atoms with E-state index < -0.39 is 5.16 Å². The highest BCUT2D eigenvalue weighted by molar-refractivity contribution is 7.21. The van der Waals surface area contributed by atoms with Gasteiger partial charge in [0.05, 0.1) is 15.6 Å². The number of benzene rings is 1. The molecule has 2 atom stereocenters. The molecular weight excluding hydrogens is 285 g/mol. The average Bonchev–Trinajstić information content (AvgIpc) is 2.15. The molecule has 0 aromatic heterocycles. The topological polar surface area (TPSA) is 17.1 Å².